The number of pyridine rings is 1. The summed E-state index contributed by atoms with van der Waals surface area (Å²) >= 11 is 0. The zero-order valence-corrected chi connectivity index (χ0v) is 20.3. The monoisotopic (exact) mass is 471 g/mol. The van der Waals surface area contributed by atoms with Gasteiger partial charge in [-0.3, -0.25) is 10.0 Å². The third kappa shape index (κ3) is 4.59. The van der Waals surface area contributed by atoms with Gasteiger partial charge in [0.05, 0.1) is 15.9 Å². The fourth-order valence-corrected chi connectivity index (χ4v) is 5.75. The van der Waals surface area contributed by atoms with E-state index in [1.165, 1.54) is 24.5 Å². The molecular formula is C24H31N4O4S+. The topological polar surface area (TPSA) is 96.4 Å². The predicted octanol–water partition coefficient (Wildman–Crippen LogP) is 2.95. The van der Waals surface area contributed by atoms with Crippen LogP contribution >= 0.6 is 0 Å². The zero-order chi connectivity index (χ0) is 24.0. The maximum Gasteiger partial charge on any atom is 0.241 e. The molecular weight excluding hydrogens is 440 g/mol. The molecule has 0 aliphatic carbocycles. The number of piperidine rings is 1. The second-order valence-electron chi connectivity index (χ2n) is 9.82. The average Bonchev–Trinajstić information content (AvgIpc) is 3.12. The van der Waals surface area contributed by atoms with Gasteiger partial charge in [0, 0.05) is 42.8 Å². The fraction of sp³-hybridized carbons (Fsp3) is 0.458. The van der Waals surface area contributed by atoms with E-state index in [4.69, 9.17) is 4.98 Å². The van der Waals surface area contributed by atoms with Gasteiger partial charge in [0.25, 0.3) is 0 Å². The molecule has 1 aliphatic heterocycles. The molecule has 1 amide bonds. The largest absolute Gasteiger partial charge is 0.343 e. The highest BCUT2D eigenvalue weighted by Crippen LogP contribution is 2.31. The van der Waals surface area contributed by atoms with Gasteiger partial charge in [-0.25, -0.2) is 13.4 Å². The molecule has 4 rings (SSSR count). The van der Waals surface area contributed by atoms with Gasteiger partial charge in [-0.2, -0.15) is 0 Å². The molecule has 0 saturated carbocycles. The van der Waals surface area contributed by atoms with Gasteiger partial charge in [0.15, 0.2) is 0 Å². The smallest absolute Gasteiger partial charge is 0.241 e. The minimum absolute atomic E-state index is 0.0135. The first-order valence-corrected chi connectivity index (χ1v) is 12.7. The summed E-state index contributed by atoms with van der Waals surface area (Å²) < 4.78 is 29.2. The van der Waals surface area contributed by atoms with Gasteiger partial charge >= 0.3 is 0 Å². The molecule has 2 aromatic heterocycles. The first-order valence-electron chi connectivity index (χ1n) is 11.2. The van der Waals surface area contributed by atoms with E-state index in [1.807, 2.05) is 11.0 Å². The van der Waals surface area contributed by atoms with Crippen molar-refractivity contribution >= 4 is 26.8 Å². The van der Waals surface area contributed by atoms with Crippen LogP contribution in [0, 0.1) is 5.92 Å². The first kappa shape index (κ1) is 23.2. The summed E-state index contributed by atoms with van der Waals surface area (Å²) in [6, 6.07) is 7.98. The summed E-state index contributed by atoms with van der Waals surface area (Å²) in [6.07, 6.45) is 4.40. The van der Waals surface area contributed by atoms with Gasteiger partial charge in [0.2, 0.25) is 28.1 Å². The second-order valence-corrected chi connectivity index (χ2v) is 11.8. The number of amides is 1. The molecule has 1 aromatic carbocycles. The summed E-state index contributed by atoms with van der Waals surface area (Å²) in [4.78, 5) is 18.6. The maximum absolute atomic E-state index is 13.1. The van der Waals surface area contributed by atoms with Gasteiger partial charge in [-0.05, 0) is 43.0 Å². The van der Waals surface area contributed by atoms with Crippen LogP contribution in [0.1, 0.15) is 46.4 Å². The Morgan fingerprint density at radius 1 is 1.18 bits per heavy atom. The minimum Gasteiger partial charge on any atom is -0.343 e. The van der Waals surface area contributed by atoms with E-state index in [0.29, 0.717) is 11.4 Å². The molecule has 1 fully saturated rings. The van der Waals surface area contributed by atoms with Crippen molar-refractivity contribution < 1.29 is 23.1 Å². The number of benzene rings is 1. The van der Waals surface area contributed by atoms with Crippen LogP contribution in [-0.2, 0) is 26.6 Å². The normalized spacial score (nSPS) is 15.8. The van der Waals surface area contributed by atoms with Crippen LogP contribution in [0.2, 0.25) is 0 Å². The Balaban J connectivity index is 1.71. The Hall–Kier alpha value is -2.94. The van der Waals surface area contributed by atoms with Gasteiger partial charge < -0.3 is 9.47 Å². The highest BCUT2D eigenvalue weighted by Gasteiger charge is 2.28. The van der Waals surface area contributed by atoms with Crippen molar-refractivity contribution in [2.75, 3.05) is 13.1 Å². The van der Waals surface area contributed by atoms with Crippen LogP contribution in [0.25, 0.3) is 11.0 Å². The number of nitrogens with zero attached hydrogens (tertiary/aromatic N) is 4. The Morgan fingerprint density at radius 3 is 2.48 bits per heavy atom. The molecule has 8 nitrogen and oxygen atoms in total. The number of carbonyl (C=O) groups excluding carboxylic acids is 1. The minimum atomic E-state index is -3.80. The summed E-state index contributed by atoms with van der Waals surface area (Å²) in [5.41, 5.74) is 1.31. The number of likely N-dealkylation sites (tertiary alicyclic amines) is 1. The van der Waals surface area contributed by atoms with Crippen LogP contribution in [0.3, 0.4) is 0 Å². The average molecular weight is 472 g/mol. The summed E-state index contributed by atoms with van der Waals surface area (Å²) in [7, 11) is -3.80. The van der Waals surface area contributed by atoms with Gasteiger partial charge in [-0.1, -0.05) is 20.8 Å². The molecule has 0 spiro atoms. The molecule has 3 heterocycles. The number of hydrogen-bond acceptors (Lipinski definition) is 5. The third-order valence-electron chi connectivity index (χ3n) is 6.27. The highest BCUT2D eigenvalue weighted by atomic mass is 32.2. The number of rotatable bonds is 4. The molecule has 0 unspecified atom stereocenters. The van der Waals surface area contributed by atoms with Crippen molar-refractivity contribution in [1.82, 2.24) is 14.5 Å². The van der Waals surface area contributed by atoms with Crippen molar-refractivity contribution in [1.29, 1.82) is 0 Å². The number of aromatic nitrogens is 3. The number of imidazole rings is 1. The SMILES string of the molecule is CC(=O)N1CCC(Cn2c(C(C)(C)C)nc3cc(S(=O)(=O)c4ccc[n+](O)c4)ccc32)CC1. The van der Waals surface area contributed by atoms with Crippen LogP contribution < -0.4 is 4.73 Å². The Bertz CT molecular complexity index is 1300. The lowest BCUT2D eigenvalue weighted by Gasteiger charge is -2.32. The predicted molar refractivity (Wildman–Crippen MR) is 123 cm³/mol. The molecule has 1 aliphatic rings. The van der Waals surface area contributed by atoms with E-state index in [1.54, 1.807) is 19.1 Å². The van der Waals surface area contributed by atoms with Crippen LogP contribution in [0.5, 0.6) is 0 Å². The van der Waals surface area contributed by atoms with Crippen molar-refractivity contribution in [2.45, 2.75) is 62.3 Å². The maximum atomic E-state index is 13.1. The molecule has 176 valence electrons. The quantitative estimate of drug-likeness (QED) is 0.466. The second kappa shape index (κ2) is 8.44. The van der Waals surface area contributed by atoms with E-state index < -0.39 is 9.84 Å². The molecule has 9 heteroatoms. The summed E-state index contributed by atoms with van der Waals surface area (Å²) in [6.45, 7) is 10.2. The number of sulfone groups is 1. The summed E-state index contributed by atoms with van der Waals surface area (Å²) in [5.74, 6) is 1.46. The molecule has 33 heavy (non-hydrogen) atoms. The van der Waals surface area contributed by atoms with E-state index >= 15 is 0 Å². The Labute approximate surface area is 194 Å². The lowest BCUT2D eigenvalue weighted by Crippen LogP contribution is -2.38. The number of fused-ring (bicyclic) bond motifs is 1. The molecule has 3 aromatic rings. The van der Waals surface area contributed by atoms with Crippen LogP contribution in [0.4, 0.5) is 0 Å². The zero-order valence-electron chi connectivity index (χ0n) is 19.5. The van der Waals surface area contributed by atoms with Crippen molar-refractivity contribution in [3.63, 3.8) is 0 Å². The Morgan fingerprint density at radius 2 is 1.88 bits per heavy atom. The highest BCUT2D eigenvalue weighted by molar-refractivity contribution is 7.91. The Kier molecular flexibility index (Phi) is 5.94. The lowest BCUT2D eigenvalue weighted by molar-refractivity contribution is -0.906. The molecule has 0 radical (unpaired) electrons. The number of carbonyl (C=O) groups is 1. The van der Waals surface area contributed by atoms with Crippen molar-refractivity contribution in [2.24, 2.45) is 5.92 Å². The number of hydrogen-bond donors (Lipinski definition) is 1. The fourth-order valence-electron chi connectivity index (χ4n) is 4.46. The van der Waals surface area contributed by atoms with Crippen LogP contribution in [-0.4, -0.2) is 47.1 Å². The third-order valence-corrected chi connectivity index (χ3v) is 8.01. The van der Waals surface area contributed by atoms with E-state index in [2.05, 4.69) is 25.3 Å². The molecule has 0 atom stereocenters. The molecule has 0 bridgehead atoms. The standard InChI is InChI=1S/C24H31N4O4S/c1-17(29)26-12-9-18(10-13-26)15-28-22-8-7-19(14-21(22)25-23(28)24(2,3)4)33(31,32)20-6-5-11-27(30)16-20/h5-8,11,14,16,18,30H,9-10,12-13,15H2,1-4H3/q+1. The van der Waals surface area contributed by atoms with Gasteiger partial charge in [0.1, 0.15) is 10.7 Å². The van der Waals surface area contributed by atoms with Crippen molar-refractivity contribution in [3.05, 3.63) is 48.5 Å². The van der Waals surface area contributed by atoms with Gasteiger partial charge in [-0.15, -0.1) is 0 Å². The molecule has 1 N–H and O–H groups in total. The lowest BCUT2D eigenvalue weighted by atomic mass is 9.93. The van der Waals surface area contributed by atoms with E-state index in [-0.39, 0.29) is 21.1 Å². The van der Waals surface area contributed by atoms with E-state index in [9.17, 15) is 18.4 Å². The van der Waals surface area contributed by atoms with E-state index in [0.717, 1.165) is 48.5 Å². The first-order chi connectivity index (χ1) is 15.5. The summed E-state index contributed by atoms with van der Waals surface area (Å²) in [5, 5.41) is 9.64. The van der Waals surface area contributed by atoms with Crippen molar-refractivity contribution in [3.8, 4) is 0 Å². The van der Waals surface area contributed by atoms with Crippen LogP contribution in [0.15, 0.2) is 52.5 Å². The molecule has 1 saturated heterocycles.